The second-order valence-electron chi connectivity index (χ2n) is 2.93. The molecule has 17 heavy (non-hydrogen) atoms. The van der Waals surface area contributed by atoms with Gasteiger partial charge in [-0.05, 0) is 16.8 Å². The first-order valence-corrected chi connectivity index (χ1v) is 4.20. The van der Waals surface area contributed by atoms with Crippen LogP contribution in [0.4, 0.5) is 19.0 Å². The molecule has 1 rings (SSSR count). The van der Waals surface area contributed by atoms with E-state index in [0.717, 1.165) is 13.3 Å². The molecule has 9 heteroatoms. The summed E-state index contributed by atoms with van der Waals surface area (Å²) in [5, 5.41) is 10.5. The number of pyridine rings is 1. The standard InChI is InChI=1S/C8H7F3N2O4/c1-4-3-12-7(13(14)15)6(5(4)16-2)17-8(9,10)11/h3H,1-2H3. The molecule has 0 aromatic carbocycles. The van der Waals surface area contributed by atoms with Crippen LogP contribution in [0.25, 0.3) is 0 Å². The average molecular weight is 252 g/mol. The van der Waals surface area contributed by atoms with Crippen LogP contribution in [0.3, 0.4) is 0 Å². The summed E-state index contributed by atoms with van der Waals surface area (Å²) < 4.78 is 44.5. The fourth-order valence-electron chi connectivity index (χ4n) is 1.15. The second kappa shape index (κ2) is 4.44. The van der Waals surface area contributed by atoms with Crippen molar-refractivity contribution in [2.24, 2.45) is 0 Å². The molecule has 0 amide bonds. The minimum absolute atomic E-state index is 0.192. The zero-order valence-electron chi connectivity index (χ0n) is 8.74. The number of rotatable bonds is 3. The Kier molecular flexibility index (Phi) is 3.39. The Morgan fingerprint density at radius 1 is 1.41 bits per heavy atom. The molecule has 0 saturated carbocycles. The number of ether oxygens (including phenoxy) is 2. The highest BCUT2D eigenvalue weighted by Gasteiger charge is 2.37. The Labute approximate surface area is 93.1 Å². The van der Waals surface area contributed by atoms with E-state index in [1.807, 2.05) is 0 Å². The highest BCUT2D eigenvalue weighted by atomic mass is 19.4. The molecule has 0 fully saturated rings. The molecule has 0 saturated heterocycles. The van der Waals surface area contributed by atoms with Crippen LogP contribution in [-0.2, 0) is 0 Å². The molecule has 94 valence electrons. The number of hydrogen-bond donors (Lipinski definition) is 0. The Balaban J connectivity index is 3.39. The number of hydrogen-bond acceptors (Lipinski definition) is 5. The number of alkyl halides is 3. The van der Waals surface area contributed by atoms with Gasteiger partial charge in [-0.15, -0.1) is 13.2 Å². The second-order valence-corrected chi connectivity index (χ2v) is 2.93. The largest absolute Gasteiger partial charge is 0.573 e. The van der Waals surface area contributed by atoms with Gasteiger partial charge in [-0.1, -0.05) is 0 Å². The maximum absolute atomic E-state index is 12.1. The molecule has 0 aliphatic rings. The minimum atomic E-state index is -5.06. The fourth-order valence-corrected chi connectivity index (χ4v) is 1.15. The van der Waals surface area contributed by atoms with E-state index in [4.69, 9.17) is 0 Å². The van der Waals surface area contributed by atoms with Gasteiger partial charge in [-0.3, -0.25) is 0 Å². The van der Waals surface area contributed by atoms with Crippen molar-refractivity contribution < 1.29 is 27.6 Å². The average Bonchev–Trinajstić information content (AvgIpc) is 2.15. The smallest absolute Gasteiger partial charge is 0.492 e. The highest BCUT2D eigenvalue weighted by molar-refractivity contribution is 5.54. The molecule has 1 aromatic rings. The van der Waals surface area contributed by atoms with Crippen molar-refractivity contribution in [3.8, 4) is 11.5 Å². The van der Waals surface area contributed by atoms with Crippen LogP contribution in [0.1, 0.15) is 5.56 Å². The number of aromatic nitrogens is 1. The normalized spacial score (nSPS) is 11.1. The molecule has 0 radical (unpaired) electrons. The molecular weight excluding hydrogens is 245 g/mol. The van der Waals surface area contributed by atoms with Gasteiger partial charge >= 0.3 is 12.2 Å². The third kappa shape index (κ3) is 2.95. The summed E-state index contributed by atoms with van der Waals surface area (Å²) in [6.07, 6.45) is -4.03. The lowest BCUT2D eigenvalue weighted by Gasteiger charge is -2.12. The van der Waals surface area contributed by atoms with Gasteiger partial charge < -0.3 is 19.6 Å². The van der Waals surface area contributed by atoms with Crippen LogP contribution in [0, 0.1) is 17.0 Å². The van der Waals surface area contributed by atoms with Crippen molar-refractivity contribution in [1.82, 2.24) is 4.98 Å². The summed E-state index contributed by atoms with van der Waals surface area (Å²) in [6, 6.07) is 0. The topological polar surface area (TPSA) is 74.5 Å². The van der Waals surface area contributed by atoms with Crippen molar-refractivity contribution in [3.63, 3.8) is 0 Å². The van der Waals surface area contributed by atoms with E-state index in [2.05, 4.69) is 14.5 Å². The number of methoxy groups -OCH3 is 1. The summed E-state index contributed by atoms with van der Waals surface area (Å²) in [5.41, 5.74) is 0.192. The summed E-state index contributed by atoms with van der Waals surface area (Å²) in [7, 11) is 1.08. The van der Waals surface area contributed by atoms with E-state index in [9.17, 15) is 23.3 Å². The van der Waals surface area contributed by atoms with Gasteiger partial charge in [0.25, 0.3) is 5.75 Å². The Bertz CT molecular complexity index is 447. The van der Waals surface area contributed by atoms with Gasteiger partial charge in [0.2, 0.25) is 0 Å². The van der Waals surface area contributed by atoms with E-state index in [1.165, 1.54) is 6.92 Å². The van der Waals surface area contributed by atoms with Gasteiger partial charge in [0, 0.05) is 5.56 Å². The number of aryl methyl sites for hydroxylation is 1. The van der Waals surface area contributed by atoms with E-state index < -0.39 is 22.9 Å². The van der Waals surface area contributed by atoms with Gasteiger partial charge in [0.05, 0.1) is 7.11 Å². The van der Waals surface area contributed by atoms with Crippen LogP contribution in [0.5, 0.6) is 11.5 Å². The van der Waals surface area contributed by atoms with Crippen molar-refractivity contribution in [1.29, 1.82) is 0 Å². The zero-order valence-corrected chi connectivity index (χ0v) is 8.74. The maximum atomic E-state index is 12.1. The zero-order chi connectivity index (χ0) is 13.2. The molecule has 0 N–H and O–H groups in total. The minimum Gasteiger partial charge on any atom is -0.492 e. The van der Waals surface area contributed by atoms with Crippen LogP contribution >= 0.6 is 0 Å². The van der Waals surface area contributed by atoms with E-state index in [-0.39, 0.29) is 11.3 Å². The van der Waals surface area contributed by atoms with E-state index in [0.29, 0.717) is 0 Å². The van der Waals surface area contributed by atoms with Crippen molar-refractivity contribution in [2.75, 3.05) is 7.11 Å². The summed E-state index contributed by atoms with van der Waals surface area (Å²) in [5.74, 6) is -2.47. The Morgan fingerprint density at radius 3 is 2.41 bits per heavy atom. The van der Waals surface area contributed by atoms with Gasteiger partial charge in [-0.2, -0.15) is 0 Å². The van der Waals surface area contributed by atoms with Crippen molar-refractivity contribution in [3.05, 3.63) is 21.9 Å². The molecule has 0 aliphatic heterocycles. The first kappa shape index (κ1) is 13.0. The Hall–Kier alpha value is -2.06. The first-order chi connectivity index (χ1) is 7.76. The van der Waals surface area contributed by atoms with E-state index >= 15 is 0 Å². The molecule has 0 atom stereocenters. The van der Waals surface area contributed by atoms with Crippen LogP contribution in [-0.4, -0.2) is 23.4 Å². The van der Waals surface area contributed by atoms with Crippen LogP contribution in [0.2, 0.25) is 0 Å². The summed E-state index contributed by atoms with van der Waals surface area (Å²) in [6.45, 7) is 1.39. The predicted molar refractivity (Wildman–Crippen MR) is 48.9 cm³/mol. The van der Waals surface area contributed by atoms with Gasteiger partial charge in [-0.25, -0.2) is 0 Å². The van der Waals surface area contributed by atoms with Gasteiger partial charge in [0.15, 0.2) is 5.75 Å². The third-order valence-corrected chi connectivity index (χ3v) is 1.74. The maximum Gasteiger partial charge on any atom is 0.573 e. The lowest BCUT2D eigenvalue weighted by molar-refractivity contribution is -0.393. The van der Waals surface area contributed by atoms with Crippen molar-refractivity contribution in [2.45, 2.75) is 13.3 Å². The van der Waals surface area contributed by atoms with Crippen LogP contribution < -0.4 is 9.47 Å². The molecule has 0 unspecified atom stereocenters. The monoisotopic (exact) mass is 252 g/mol. The molecule has 1 aromatic heterocycles. The lowest BCUT2D eigenvalue weighted by Crippen LogP contribution is -2.19. The Morgan fingerprint density at radius 2 is 2.00 bits per heavy atom. The summed E-state index contributed by atoms with van der Waals surface area (Å²) in [4.78, 5) is 12.7. The number of halogens is 3. The molecular formula is C8H7F3N2O4. The van der Waals surface area contributed by atoms with Gasteiger partial charge in [0.1, 0.15) is 6.20 Å². The number of nitro groups is 1. The third-order valence-electron chi connectivity index (χ3n) is 1.74. The molecule has 0 spiro atoms. The fraction of sp³-hybridized carbons (Fsp3) is 0.375. The van der Waals surface area contributed by atoms with E-state index in [1.54, 1.807) is 0 Å². The quantitative estimate of drug-likeness (QED) is 0.609. The SMILES string of the molecule is COc1c(C)cnc([N+](=O)[O-])c1OC(F)(F)F. The van der Waals surface area contributed by atoms with Crippen LogP contribution in [0.15, 0.2) is 6.20 Å². The molecule has 0 bridgehead atoms. The first-order valence-electron chi connectivity index (χ1n) is 4.20. The lowest BCUT2D eigenvalue weighted by atomic mass is 10.2. The number of nitrogens with zero attached hydrogens (tertiary/aromatic N) is 2. The molecule has 6 nitrogen and oxygen atoms in total. The molecule has 1 heterocycles. The summed E-state index contributed by atoms with van der Waals surface area (Å²) >= 11 is 0. The van der Waals surface area contributed by atoms with Crippen molar-refractivity contribution >= 4 is 5.82 Å². The predicted octanol–water partition coefficient (Wildman–Crippen LogP) is 2.21. The molecule has 0 aliphatic carbocycles. The highest BCUT2D eigenvalue weighted by Crippen LogP contribution is 2.40.